The largest absolute Gasteiger partial charge is 0.464 e. The molecule has 0 saturated carbocycles. The molecule has 3 nitrogen and oxygen atoms in total. The van der Waals surface area contributed by atoms with Gasteiger partial charge < -0.3 is 9.47 Å². The average molecular weight is 340 g/mol. The van der Waals surface area contributed by atoms with Gasteiger partial charge in [-0.15, -0.1) is 0 Å². The molecule has 0 unspecified atom stereocenters. The molecule has 0 heterocycles. The number of rotatable bonds is 11. The van der Waals surface area contributed by atoms with Crippen molar-refractivity contribution in [3.63, 3.8) is 0 Å². The van der Waals surface area contributed by atoms with Crippen molar-refractivity contribution in [1.82, 2.24) is 0 Å². The van der Waals surface area contributed by atoms with Crippen LogP contribution in [0.5, 0.6) is 0 Å². The Hall–Kier alpha value is -2.13. The van der Waals surface area contributed by atoms with Gasteiger partial charge in [-0.3, -0.25) is 0 Å². The molecule has 0 spiro atoms. The number of carbonyl (C=O) groups is 1. The van der Waals surface area contributed by atoms with E-state index in [9.17, 15) is 4.79 Å². The van der Waals surface area contributed by atoms with Crippen LogP contribution in [-0.2, 0) is 27.1 Å². The van der Waals surface area contributed by atoms with Gasteiger partial charge in [0.25, 0.3) is 0 Å². The lowest BCUT2D eigenvalue weighted by Gasteiger charge is -2.06. The molecule has 0 aliphatic rings. The SMILES string of the molecule is CCOC(=O)COCCCCCc1ccc(Cc2ccccc2)cc1. The fourth-order valence-electron chi connectivity index (χ4n) is 2.72. The lowest BCUT2D eigenvalue weighted by atomic mass is 10.0. The van der Waals surface area contributed by atoms with Gasteiger partial charge in [0, 0.05) is 6.61 Å². The molecule has 2 aromatic carbocycles. The third kappa shape index (κ3) is 7.99. The van der Waals surface area contributed by atoms with E-state index >= 15 is 0 Å². The summed E-state index contributed by atoms with van der Waals surface area (Å²) in [5.74, 6) is -0.280. The maximum atomic E-state index is 11.1. The molecule has 0 fully saturated rings. The number of esters is 1. The molecule has 0 bridgehead atoms. The summed E-state index contributed by atoms with van der Waals surface area (Å²) in [4.78, 5) is 11.1. The van der Waals surface area contributed by atoms with E-state index in [-0.39, 0.29) is 12.6 Å². The second-order valence-electron chi connectivity index (χ2n) is 6.15. The number of unbranched alkanes of at least 4 members (excludes halogenated alkanes) is 2. The maximum Gasteiger partial charge on any atom is 0.332 e. The minimum atomic E-state index is -0.280. The summed E-state index contributed by atoms with van der Waals surface area (Å²) < 4.78 is 10.1. The number of ether oxygens (including phenoxy) is 2. The van der Waals surface area contributed by atoms with Crippen molar-refractivity contribution >= 4 is 5.97 Å². The predicted molar refractivity (Wildman–Crippen MR) is 101 cm³/mol. The fraction of sp³-hybridized carbons (Fsp3) is 0.409. The molecule has 0 aromatic heterocycles. The first-order valence-corrected chi connectivity index (χ1v) is 9.13. The normalized spacial score (nSPS) is 10.6. The van der Waals surface area contributed by atoms with Crippen LogP contribution in [0.3, 0.4) is 0 Å². The van der Waals surface area contributed by atoms with Crippen molar-refractivity contribution in [1.29, 1.82) is 0 Å². The Morgan fingerprint density at radius 1 is 0.840 bits per heavy atom. The van der Waals surface area contributed by atoms with Crippen molar-refractivity contribution < 1.29 is 14.3 Å². The number of hydrogen-bond acceptors (Lipinski definition) is 3. The van der Waals surface area contributed by atoms with E-state index in [4.69, 9.17) is 9.47 Å². The lowest BCUT2D eigenvalue weighted by Crippen LogP contribution is -2.12. The molecule has 2 rings (SSSR count). The first-order valence-electron chi connectivity index (χ1n) is 9.13. The van der Waals surface area contributed by atoms with Crippen molar-refractivity contribution in [2.75, 3.05) is 19.8 Å². The van der Waals surface area contributed by atoms with Crippen LogP contribution in [0, 0.1) is 0 Å². The summed E-state index contributed by atoms with van der Waals surface area (Å²) >= 11 is 0. The molecule has 0 aliphatic heterocycles. The quantitative estimate of drug-likeness (QED) is 0.444. The van der Waals surface area contributed by atoms with Gasteiger partial charge in [0.15, 0.2) is 0 Å². The Morgan fingerprint density at radius 2 is 1.52 bits per heavy atom. The van der Waals surface area contributed by atoms with E-state index in [1.807, 2.05) is 0 Å². The monoisotopic (exact) mass is 340 g/mol. The zero-order chi connectivity index (χ0) is 17.7. The molecule has 3 heteroatoms. The van der Waals surface area contributed by atoms with Crippen molar-refractivity contribution in [2.24, 2.45) is 0 Å². The van der Waals surface area contributed by atoms with E-state index in [0.29, 0.717) is 13.2 Å². The lowest BCUT2D eigenvalue weighted by molar-refractivity contribution is -0.148. The van der Waals surface area contributed by atoms with Gasteiger partial charge in [0.05, 0.1) is 6.61 Å². The Kier molecular flexibility index (Phi) is 8.78. The maximum absolute atomic E-state index is 11.1. The van der Waals surface area contributed by atoms with Crippen LogP contribution in [0.1, 0.15) is 42.9 Å². The standard InChI is InChI=1S/C22H28O3/c1-2-25-22(23)18-24-16-8-4-7-9-19-12-14-21(15-13-19)17-20-10-5-3-6-11-20/h3,5-6,10-15H,2,4,7-9,16-18H2,1H3. The van der Waals surface area contributed by atoms with Gasteiger partial charge in [0.2, 0.25) is 0 Å². The van der Waals surface area contributed by atoms with Gasteiger partial charge in [-0.05, 0) is 49.3 Å². The van der Waals surface area contributed by atoms with Crippen molar-refractivity contribution in [3.8, 4) is 0 Å². The van der Waals surface area contributed by atoms with Gasteiger partial charge in [-0.1, -0.05) is 61.0 Å². The van der Waals surface area contributed by atoms with Crippen LogP contribution in [0.4, 0.5) is 0 Å². The highest BCUT2D eigenvalue weighted by atomic mass is 16.6. The van der Waals surface area contributed by atoms with E-state index in [2.05, 4.69) is 54.6 Å². The molecule has 134 valence electrons. The third-order valence-electron chi connectivity index (χ3n) is 4.05. The van der Waals surface area contributed by atoms with E-state index in [0.717, 1.165) is 32.1 Å². The summed E-state index contributed by atoms with van der Waals surface area (Å²) in [6.07, 6.45) is 5.29. The van der Waals surface area contributed by atoms with Crippen LogP contribution >= 0.6 is 0 Å². The average Bonchev–Trinajstić information content (AvgIpc) is 2.63. The molecule has 25 heavy (non-hydrogen) atoms. The highest BCUT2D eigenvalue weighted by Crippen LogP contribution is 2.12. The van der Waals surface area contributed by atoms with Gasteiger partial charge in [-0.2, -0.15) is 0 Å². The molecule has 2 aromatic rings. The van der Waals surface area contributed by atoms with E-state index in [1.165, 1.54) is 16.7 Å². The molecule has 0 aliphatic carbocycles. The molecule has 0 radical (unpaired) electrons. The Labute approximate surface area is 151 Å². The zero-order valence-corrected chi connectivity index (χ0v) is 15.1. The van der Waals surface area contributed by atoms with Crippen LogP contribution in [0.15, 0.2) is 54.6 Å². The Morgan fingerprint density at radius 3 is 2.24 bits per heavy atom. The predicted octanol–water partition coefficient (Wildman–Crippen LogP) is 4.57. The van der Waals surface area contributed by atoms with Crippen LogP contribution < -0.4 is 0 Å². The molecular formula is C22H28O3. The number of carbonyl (C=O) groups excluding carboxylic acids is 1. The van der Waals surface area contributed by atoms with Gasteiger partial charge >= 0.3 is 5.97 Å². The smallest absolute Gasteiger partial charge is 0.332 e. The third-order valence-corrected chi connectivity index (χ3v) is 4.05. The molecule has 0 saturated heterocycles. The molecular weight excluding hydrogens is 312 g/mol. The van der Waals surface area contributed by atoms with Crippen molar-refractivity contribution in [3.05, 3.63) is 71.3 Å². The highest BCUT2D eigenvalue weighted by Gasteiger charge is 2.01. The van der Waals surface area contributed by atoms with Crippen LogP contribution in [0.25, 0.3) is 0 Å². The molecule has 0 atom stereocenters. The van der Waals surface area contributed by atoms with Crippen molar-refractivity contribution in [2.45, 2.75) is 39.0 Å². The van der Waals surface area contributed by atoms with Crippen LogP contribution in [-0.4, -0.2) is 25.8 Å². The zero-order valence-electron chi connectivity index (χ0n) is 15.1. The van der Waals surface area contributed by atoms with Gasteiger partial charge in [0.1, 0.15) is 6.61 Å². The first kappa shape index (κ1) is 19.2. The summed E-state index contributed by atoms with van der Waals surface area (Å²) in [6, 6.07) is 19.5. The Balaban J connectivity index is 1.58. The first-order chi connectivity index (χ1) is 12.3. The fourth-order valence-corrected chi connectivity index (χ4v) is 2.72. The number of hydrogen-bond donors (Lipinski definition) is 0. The second kappa shape index (κ2) is 11.4. The highest BCUT2D eigenvalue weighted by molar-refractivity contribution is 5.70. The molecule has 0 amide bonds. The minimum absolute atomic E-state index is 0.0662. The molecule has 0 N–H and O–H groups in total. The van der Waals surface area contributed by atoms with E-state index < -0.39 is 0 Å². The van der Waals surface area contributed by atoms with Gasteiger partial charge in [-0.25, -0.2) is 4.79 Å². The van der Waals surface area contributed by atoms with Crippen LogP contribution in [0.2, 0.25) is 0 Å². The summed E-state index contributed by atoms with van der Waals surface area (Å²) in [5, 5.41) is 0. The summed E-state index contributed by atoms with van der Waals surface area (Å²) in [6.45, 7) is 2.89. The minimum Gasteiger partial charge on any atom is -0.464 e. The Bertz CT molecular complexity index is 605. The summed E-state index contributed by atoms with van der Waals surface area (Å²) in [7, 11) is 0. The topological polar surface area (TPSA) is 35.5 Å². The number of benzene rings is 2. The van der Waals surface area contributed by atoms with E-state index in [1.54, 1.807) is 6.92 Å². The summed E-state index contributed by atoms with van der Waals surface area (Å²) in [5.41, 5.74) is 4.07. The number of aryl methyl sites for hydroxylation is 1. The second-order valence-corrected chi connectivity index (χ2v) is 6.15.